The van der Waals surface area contributed by atoms with Crippen molar-refractivity contribution >= 4 is 22.9 Å². The van der Waals surface area contributed by atoms with Gasteiger partial charge in [-0.2, -0.15) is 13.2 Å². The molecule has 124 valence electrons. The Balaban J connectivity index is 1.57. The number of rotatable bonds is 4. The number of benzene rings is 2. The number of amides is 1. The van der Waals surface area contributed by atoms with Crippen LogP contribution in [0.5, 0.6) is 5.75 Å². The molecule has 2 N–H and O–H groups in total. The molecule has 0 fully saturated rings. The normalized spacial score (nSPS) is 11.5. The summed E-state index contributed by atoms with van der Waals surface area (Å²) in [5.41, 5.74) is 0.703. The topological polar surface area (TPSA) is 67.0 Å². The van der Waals surface area contributed by atoms with Gasteiger partial charge in [0, 0.05) is 0 Å². The quantitative estimate of drug-likeness (QED) is 0.765. The maximum absolute atomic E-state index is 12.4. The highest BCUT2D eigenvalue weighted by atomic mass is 19.4. The molecule has 0 bridgehead atoms. The lowest BCUT2D eigenvalue weighted by Gasteiger charge is -2.09. The van der Waals surface area contributed by atoms with Crippen LogP contribution in [0, 0.1) is 0 Å². The van der Waals surface area contributed by atoms with Crippen molar-refractivity contribution in [1.82, 2.24) is 9.97 Å². The highest BCUT2D eigenvalue weighted by molar-refractivity contribution is 5.92. The van der Waals surface area contributed by atoms with Gasteiger partial charge in [0.15, 0.2) is 6.61 Å². The summed E-state index contributed by atoms with van der Waals surface area (Å²) in [6.07, 6.45) is -4.41. The molecule has 24 heavy (non-hydrogen) atoms. The SMILES string of the molecule is O=C(COc1ccc(C(F)(F)F)cc1)Nc1nc2ccccc2[nH]1. The van der Waals surface area contributed by atoms with Crippen LogP contribution in [-0.2, 0) is 11.0 Å². The Morgan fingerprint density at radius 3 is 2.50 bits per heavy atom. The van der Waals surface area contributed by atoms with E-state index in [2.05, 4.69) is 15.3 Å². The zero-order valence-corrected chi connectivity index (χ0v) is 12.2. The molecule has 0 atom stereocenters. The Hall–Kier alpha value is -3.03. The van der Waals surface area contributed by atoms with Crippen molar-refractivity contribution in [2.24, 2.45) is 0 Å². The minimum absolute atomic E-state index is 0.169. The molecule has 2 aromatic carbocycles. The second kappa shape index (κ2) is 6.23. The van der Waals surface area contributed by atoms with Crippen molar-refractivity contribution in [3.05, 3.63) is 54.1 Å². The molecule has 1 aromatic heterocycles. The molecule has 1 amide bonds. The summed E-state index contributed by atoms with van der Waals surface area (Å²) >= 11 is 0. The molecule has 0 radical (unpaired) electrons. The summed E-state index contributed by atoms with van der Waals surface area (Å²) in [6.45, 7) is -0.345. The molecule has 0 saturated carbocycles. The molecular formula is C16H12F3N3O2. The molecule has 0 spiro atoms. The second-order valence-electron chi connectivity index (χ2n) is 4.96. The molecular weight excluding hydrogens is 323 g/mol. The van der Waals surface area contributed by atoms with E-state index in [0.29, 0.717) is 5.52 Å². The van der Waals surface area contributed by atoms with E-state index in [-0.39, 0.29) is 18.3 Å². The zero-order valence-electron chi connectivity index (χ0n) is 12.2. The van der Waals surface area contributed by atoms with Gasteiger partial charge < -0.3 is 9.72 Å². The van der Waals surface area contributed by atoms with Crippen LogP contribution in [-0.4, -0.2) is 22.5 Å². The number of nitrogens with one attached hydrogen (secondary N) is 2. The van der Waals surface area contributed by atoms with E-state index in [9.17, 15) is 18.0 Å². The number of ether oxygens (including phenoxy) is 1. The van der Waals surface area contributed by atoms with Crippen molar-refractivity contribution in [2.45, 2.75) is 6.18 Å². The molecule has 5 nitrogen and oxygen atoms in total. The third-order valence-electron chi connectivity index (χ3n) is 3.20. The third kappa shape index (κ3) is 3.65. The fourth-order valence-electron chi connectivity index (χ4n) is 2.07. The van der Waals surface area contributed by atoms with Gasteiger partial charge in [0.05, 0.1) is 16.6 Å². The zero-order chi connectivity index (χ0) is 17.2. The van der Waals surface area contributed by atoms with Crippen LogP contribution in [0.3, 0.4) is 0 Å². The lowest BCUT2D eigenvalue weighted by molar-refractivity contribution is -0.137. The Morgan fingerprint density at radius 2 is 1.83 bits per heavy atom. The molecule has 0 aliphatic carbocycles. The predicted octanol–water partition coefficient (Wildman–Crippen LogP) is 3.60. The predicted molar refractivity (Wildman–Crippen MR) is 81.7 cm³/mol. The number of H-pyrrole nitrogens is 1. The molecule has 0 aliphatic heterocycles. The number of imidazole rings is 1. The van der Waals surface area contributed by atoms with Crippen LogP contribution in [0.2, 0.25) is 0 Å². The van der Waals surface area contributed by atoms with Gasteiger partial charge in [0.25, 0.3) is 5.91 Å². The fraction of sp³-hybridized carbons (Fsp3) is 0.125. The van der Waals surface area contributed by atoms with Crippen molar-refractivity contribution < 1.29 is 22.7 Å². The number of carbonyl (C=O) groups is 1. The van der Waals surface area contributed by atoms with E-state index in [1.54, 1.807) is 6.07 Å². The number of fused-ring (bicyclic) bond motifs is 1. The maximum atomic E-state index is 12.4. The summed E-state index contributed by atoms with van der Waals surface area (Å²) in [5, 5.41) is 2.53. The fourth-order valence-corrected chi connectivity index (χ4v) is 2.07. The largest absolute Gasteiger partial charge is 0.484 e. The van der Waals surface area contributed by atoms with Gasteiger partial charge >= 0.3 is 6.18 Å². The van der Waals surface area contributed by atoms with Crippen LogP contribution < -0.4 is 10.1 Å². The molecule has 0 unspecified atom stereocenters. The molecule has 3 aromatic rings. The van der Waals surface area contributed by atoms with E-state index < -0.39 is 17.6 Å². The third-order valence-corrected chi connectivity index (χ3v) is 3.20. The molecule has 0 saturated heterocycles. The Labute approximate surface area is 134 Å². The molecule has 8 heteroatoms. The number of alkyl halides is 3. The Morgan fingerprint density at radius 1 is 1.12 bits per heavy atom. The first-order valence-corrected chi connectivity index (χ1v) is 6.96. The summed E-state index contributed by atoms with van der Waals surface area (Å²) in [7, 11) is 0. The summed E-state index contributed by atoms with van der Waals surface area (Å²) in [4.78, 5) is 18.9. The van der Waals surface area contributed by atoms with Gasteiger partial charge in [0.2, 0.25) is 5.95 Å². The highest BCUT2D eigenvalue weighted by Crippen LogP contribution is 2.30. The average Bonchev–Trinajstić information content (AvgIpc) is 2.94. The monoisotopic (exact) mass is 335 g/mol. The average molecular weight is 335 g/mol. The van der Waals surface area contributed by atoms with E-state index >= 15 is 0 Å². The number of aromatic nitrogens is 2. The smallest absolute Gasteiger partial charge is 0.416 e. The number of hydrogen-bond donors (Lipinski definition) is 2. The van der Waals surface area contributed by atoms with E-state index in [1.807, 2.05) is 18.2 Å². The van der Waals surface area contributed by atoms with Gasteiger partial charge in [-0.15, -0.1) is 0 Å². The van der Waals surface area contributed by atoms with E-state index in [1.165, 1.54) is 0 Å². The van der Waals surface area contributed by atoms with E-state index in [0.717, 1.165) is 29.8 Å². The summed E-state index contributed by atoms with van der Waals surface area (Å²) in [6, 6.07) is 11.4. The second-order valence-corrected chi connectivity index (χ2v) is 4.96. The first kappa shape index (κ1) is 15.9. The first-order valence-electron chi connectivity index (χ1n) is 6.96. The number of para-hydroxylation sites is 2. The molecule has 0 aliphatic rings. The van der Waals surface area contributed by atoms with Crippen LogP contribution in [0.15, 0.2) is 48.5 Å². The number of carbonyl (C=O) groups excluding carboxylic acids is 1. The summed E-state index contributed by atoms with van der Waals surface area (Å²) in [5.74, 6) is -0.0334. The number of nitrogens with zero attached hydrogens (tertiary/aromatic N) is 1. The van der Waals surface area contributed by atoms with Crippen molar-refractivity contribution in [1.29, 1.82) is 0 Å². The van der Waals surface area contributed by atoms with Gasteiger partial charge in [-0.05, 0) is 36.4 Å². The van der Waals surface area contributed by atoms with Crippen molar-refractivity contribution in [3.8, 4) is 5.75 Å². The van der Waals surface area contributed by atoms with Crippen LogP contribution in [0.1, 0.15) is 5.56 Å². The van der Waals surface area contributed by atoms with Crippen molar-refractivity contribution in [2.75, 3.05) is 11.9 Å². The Bertz CT molecular complexity index is 824. The number of aromatic amines is 1. The van der Waals surface area contributed by atoms with Gasteiger partial charge in [-0.25, -0.2) is 4.98 Å². The maximum Gasteiger partial charge on any atom is 0.416 e. The summed E-state index contributed by atoms with van der Waals surface area (Å²) < 4.78 is 42.5. The van der Waals surface area contributed by atoms with Crippen molar-refractivity contribution in [3.63, 3.8) is 0 Å². The lowest BCUT2D eigenvalue weighted by Crippen LogP contribution is -2.20. The van der Waals surface area contributed by atoms with Crippen LogP contribution in [0.25, 0.3) is 11.0 Å². The minimum Gasteiger partial charge on any atom is -0.484 e. The number of anilines is 1. The highest BCUT2D eigenvalue weighted by Gasteiger charge is 2.30. The van der Waals surface area contributed by atoms with Gasteiger partial charge in [-0.1, -0.05) is 12.1 Å². The number of halogens is 3. The van der Waals surface area contributed by atoms with Gasteiger partial charge in [0.1, 0.15) is 5.75 Å². The minimum atomic E-state index is -4.41. The molecule has 3 rings (SSSR count). The van der Waals surface area contributed by atoms with E-state index in [4.69, 9.17) is 4.74 Å². The van der Waals surface area contributed by atoms with Crippen LogP contribution in [0.4, 0.5) is 19.1 Å². The number of hydrogen-bond acceptors (Lipinski definition) is 3. The van der Waals surface area contributed by atoms with Crippen LogP contribution >= 0.6 is 0 Å². The lowest BCUT2D eigenvalue weighted by atomic mass is 10.2. The Kier molecular flexibility index (Phi) is 4.11. The standard InChI is InChI=1S/C16H12F3N3O2/c17-16(18,19)10-5-7-11(8-6-10)24-9-14(23)22-15-20-12-3-1-2-4-13(12)21-15/h1-8H,9H2,(H2,20,21,22,23). The van der Waals surface area contributed by atoms with Gasteiger partial charge in [-0.3, -0.25) is 10.1 Å². The molecule has 1 heterocycles. The first-order chi connectivity index (χ1) is 11.4.